The van der Waals surface area contributed by atoms with E-state index in [9.17, 15) is 9.90 Å². The van der Waals surface area contributed by atoms with Gasteiger partial charge in [-0.2, -0.15) is 5.26 Å². The largest absolute Gasteiger partial charge is 0.391 e. The van der Waals surface area contributed by atoms with Gasteiger partial charge < -0.3 is 10.0 Å². The van der Waals surface area contributed by atoms with Crippen molar-refractivity contribution in [1.29, 1.82) is 5.26 Å². The first-order chi connectivity index (χ1) is 10.6. The van der Waals surface area contributed by atoms with E-state index >= 15 is 0 Å². The van der Waals surface area contributed by atoms with Gasteiger partial charge in [-0.05, 0) is 31.0 Å². The summed E-state index contributed by atoms with van der Waals surface area (Å²) < 4.78 is 0. The summed E-state index contributed by atoms with van der Waals surface area (Å²) in [6, 6.07) is 5.26. The second-order valence-electron chi connectivity index (χ2n) is 5.47. The third kappa shape index (κ3) is 2.23. The summed E-state index contributed by atoms with van der Waals surface area (Å²) >= 11 is 6.16. The van der Waals surface area contributed by atoms with Gasteiger partial charge in [-0.15, -0.1) is 0 Å². The van der Waals surface area contributed by atoms with Crippen LogP contribution in [0.1, 0.15) is 17.5 Å². The lowest BCUT2D eigenvalue weighted by Gasteiger charge is -2.18. The van der Waals surface area contributed by atoms with Gasteiger partial charge in [0, 0.05) is 6.54 Å². The van der Waals surface area contributed by atoms with Crippen LogP contribution in [0.5, 0.6) is 0 Å². The Morgan fingerprint density at radius 2 is 2.32 bits per heavy atom. The summed E-state index contributed by atoms with van der Waals surface area (Å²) in [5.41, 5.74) is 1.71. The fraction of sp³-hybridized carbons (Fsp3) is 0.400. The average Bonchev–Trinajstić information content (AvgIpc) is 3.05. The number of fused-ring (bicyclic) bond motifs is 1. The molecule has 1 aromatic carbocycles. The number of carbonyl (C=O) groups is 1. The number of rotatable bonds is 2. The maximum Gasteiger partial charge on any atom is 0.216 e. The predicted octanol–water partition coefficient (Wildman–Crippen LogP) is 1.41. The Morgan fingerprint density at radius 3 is 3.00 bits per heavy atom. The van der Waals surface area contributed by atoms with E-state index in [4.69, 9.17) is 16.9 Å². The van der Waals surface area contributed by atoms with Crippen LogP contribution in [0.4, 0.5) is 5.69 Å². The highest BCUT2D eigenvalue weighted by molar-refractivity contribution is 6.32. The van der Waals surface area contributed by atoms with E-state index < -0.39 is 6.10 Å². The standard InChI is InChI=1S/C15H15ClN4O2/c1-9-11(3-2-10(6-17)14(9)16)18-15-19(8-21)7-12-13(22)4-5-20(12)15/h2-3,8,12-13,22H,4-5,7H2,1H3/t12?,13-/m1/s1. The third-order valence-corrected chi connectivity index (χ3v) is 4.72. The summed E-state index contributed by atoms with van der Waals surface area (Å²) in [5.74, 6) is 0.528. The fourth-order valence-corrected chi connectivity index (χ4v) is 3.16. The molecule has 1 unspecified atom stereocenters. The Bertz CT molecular complexity index is 698. The molecule has 3 rings (SSSR count). The minimum absolute atomic E-state index is 0.0990. The van der Waals surface area contributed by atoms with Gasteiger partial charge in [-0.3, -0.25) is 9.69 Å². The van der Waals surface area contributed by atoms with Crippen LogP contribution >= 0.6 is 11.6 Å². The molecule has 2 atom stereocenters. The molecule has 0 aliphatic carbocycles. The van der Waals surface area contributed by atoms with Crippen molar-refractivity contribution in [3.05, 3.63) is 28.3 Å². The number of hydrogen-bond acceptors (Lipinski definition) is 4. The Labute approximate surface area is 133 Å². The lowest BCUT2D eigenvalue weighted by atomic mass is 10.1. The van der Waals surface area contributed by atoms with Crippen molar-refractivity contribution >= 4 is 29.7 Å². The van der Waals surface area contributed by atoms with Crippen LogP contribution in [0, 0.1) is 18.3 Å². The first kappa shape index (κ1) is 14.8. The lowest BCUT2D eigenvalue weighted by molar-refractivity contribution is -0.114. The van der Waals surface area contributed by atoms with Gasteiger partial charge in [0.05, 0.1) is 35.0 Å². The Balaban J connectivity index is 2.02. The van der Waals surface area contributed by atoms with Gasteiger partial charge >= 0.3 is 0 Å². The van der Waals surface area contributed by atoms with E-state index in [-0.39, 0.29) is 6.04 Å². The molecule has 0 radical (unpaired) electrons. The number of halogens is 1. The van der Waals surface area contributed by atoms with Crippen molar-refractivity contribution in [2.45, 2.75) is 25.5 Å². The smallest absolute Gasteiger partial charge is 0.216 e. The number of aliphatic imine (C=N–C) groups is 1. The monoisotopic (exact) mass is 318 g/mol. The molecule has 7 heteroatoms. The molecule has 6 nitrogen and oxygen atoms in total. The number of aliphatic hydroxyl groups excluding tert-OH is 1. The van der Waals surface area contributed by atoms with Gasteiger partial charge in [-0.1, -0.05) is 11.6 Å². The molecule has 2 heterocycles. The van der Waals surface area contributed by atoms with Crippen LogP contribution in [-0.4, -0.2) is 52.5 Å². The maximum absolute atomic E-state index is 11.3. The van der Waals surface area contributed by atoms with E-state index in [2.05, 4.69) is 4.99 Å². The van der Waals surface area contributed by atoms with Crippen molar-refractivity contribution in [3.63, 3.8) is 0 Å². The number of benzene rings is 1. The number of aliphatic hydroxyl groups is 1. The first-order valence-corrected chi connectivity index (χ1v) is 7.39. The van der Waals surface area contributed by atoms with Crippen molar-refractivity contribution < 1.29 is 9.90 Å². The number of amides is 1. The molecule has 22 heavy (non-hydrogen) atoms. The SMILES string of the molecule is Cc1c(N=C2N(C=O)CC3[C@H](O)CCN23)ccc(C#N)c1Cl. The summed E-state index contributed by atoms with van der Waals surface area (Å²) in [5, 5.41) is 19.3. The van der Waals surface area contributed by atoms with Crippen molar-refractivity contribution in [2.24, 2.45) is 4.99 Å². The van der Waals surface area contributed by atoms with Crippen LogP contribution in [0.2, 0.25) is 5.02 Å². The molecule has 114 valence electrons. The number of carbonyl (C=O) groups excluding carboxylic acids is 1. The molecule has 0 bridgehead atoms. The Hall–Kier alpha value is -2.10. The van der Waals surface area contributed by atoms with E-state index in [1.54, 1.807) is 19.1 Å². The first-order valence-electron chi connectivity index (χ1n) is 7.01. The summed E-state index contributed by atoms with van der Waals surface area (Å²) in [7, 11) is 0. The zero-order chi connectivity index (χ0) is 15.9. The molecular formula is C15H15ClN4O2. The number of hydrogen-bond donors (Lipinski definition) is 1. The van der Waals surface area contributed by atoms with Crippen LogP contribution < -0.4 is 0 Å². The number of nitrogens with zero attached hydrogens (tertiary/aromatic N) is 4. The lowest BCUT2D eigenvalue weighted by Crippen LogP contribution is -2.33. The summed E-state index contributed by atoms with van der Waals surface area (Å²) in [6.45, 7) is 2.89. The van der Waals surface area contributed by atoms with E-state index in [0.29, 0.717) is 47.3 Å². The van der Waals surface area contributed by atoms with E-state index in [1.165, 1.54) is 4.90 Å². The number of nitriles is 1. The molecule has 0 aromatic heterocycles. The van der Waals surface area contributed by atoms with Crippen molar-refractivity contribution in [2.75, 3.05) is 13.1 Å². The highest BCUT2D eigenvalue weighted by Gasteiger charge is 2.43. The van der Waals surface area contributed by atoms with E-state index in [1.807, 2.05) is 11.0 Å². The van der Waals surface area contributed by atoms with Gasteiger partial charge in [-0.25, -0.2) is 4.99 Å². The Kier molecular flexibility index (Phi) is 3.77. The molecule has 2 fully saturated rings. The maximum atomic E-state index is 11.3. The second-order valence-corrected chi connectivity index (χ2v) is 5.85. The van der Waals surface area contributed by atoms with Crippen LogP contribution in [-0.2, 0) is 4.79 Å². The average molecular weight is 319 g/mol. The van der Waals surface area contributed by atoms with Crippen LogP contribution in [0.25, 0.3) is 0 Å². The molecule has 0 saturated carbocycles. The molecule has 2 aliphatic rings. The quantitative estimate of drug-likeness (QED) is 0.836. The van der Waals surface area contributed by atoms with Crippen molar-refractivity contribution in [1.82, 2.24) is 9.80 Å². The highest BCUT2D eigenvalue weighted by atomic mass is 35.5. The summed E-state index contributed by atoms with van der Waals surface area (Å²) in [6.07, 6.45) is 0.953. The molecule has 2 saturated heterocycles. The minimum Gasteiger partial charge on any atom is -0.391 e. The Morgan fingerprint density at radius 1 is 1.55 bits per heavy atom. The van der Waals surface area contributed by atoms with Crippen molar-refractivity contribution in [3.8, 4) is 6.07 Å². The van der Waals surface area contributed by atoms with Gasteiger partial charge in [0.2, 0.25) is 12.4 Å². The molecule has 1 amide bonds. The predicted molar refractivity (Wildman–Crippen MR) is 81.9 cm³/mol. The minimum atomic E-state index is -0.444. The van der Waals surface area contributed by atoms with Crippen LogP contribution in [0.15, 0.2) is 17.1 Å². The molecule has 1 aromatic rings. The zero-order valence-corrected chi connectivity index (χ0v) is 12.8. The van der Waals surface area contributed by atoms with Gasteiger partial charge in [0.25, 0.3) is 0 Å². The third-order valence-electron chi connectivity index (χ3n) is 4.23. The molecule has 0 spiro atoms. The molecule has 2 aliphatic heterocycles. The molecular weight excluding hydrogens is 304 g/mol. The highest BCUT2D eigenvalue weighted by Crippen LogP contribution is 2.32. The fourth-order valence-electron chi connectivity index (χ4n) is 2.96. The van der Waals surface area contributed by atoms with Gasteiger partial charge in [0.15, 0.2) is 0 Å². The zero-order valence-electron chi connectivity index (χ0n) is 12.0. The van der Waals surface area contributed by atoms with Crippen LogP contribution in [0.3, 0.4) is 0 Å². The molecule has 1 N–H and O–H groups in total. The normalized spacial score (nSPS) is 25.5. The van der Waals surface area contributed by atoms with Gasteiger partial charge in [0.1, 0.15) is 6.07 Å². The number of guanidine groups is 1. The summed E-state index contributed by atoms with van der Waals surface area (Å²) in [4.78, 5) is 19.3. The second kappa shape index (κ2) is 5.59. The topological polar surface area (TPSA) is 79.9 Å². The van der Waals surface area contributed by atoms with E-state index in [0.717, 1.165) is 6.41 Å².